The zero-order chi connectivity index (χ0) is 16.2. The second-order valence-electron chi connectivity index (χ2n) is 5.31. The number of benzene rings is 2. The second kappa shape index (κ2) is 6.87. The number of hydrogen-bond acceptors (Lipinski definition) is 3. The summed E-state index contributed by atoms with van der Waals surface area (Å²) in [6.45, 7) is 3.71. The lowest BCUT2D eigenvalue weighted by atomic mass is 9.83. The molecule has 0 saturated heterocycles. The number of amides is 1. The Hall–Kier alpha value is -1.96. The molecule has 22 heavy (non-hydrogen) atoms. The number of anilines is 1. The van der Waals surface area contributed by atoms with E-state index < -0.39 is 5.41 Å². The quantitative estimate of drug-likeness (QED) is 0.645. The number of nitrogens with one attached hydrogen (secondary N) is 1. The Morgan fingerprint density at radius 3 is 2.50 bits per heavy atom. The van der Waals surface area contributed by atoms with Gasteiger partial charge >= 0.3 is 0 Å². The van der Waals surface area contributed by atoms with E-state index in [9.17, 15) is 4.79 Å². The van der Waals surface area contributed by atoms with Crippen LogP contribution in [0.5, 0.6) is 0 Å². The van der Waals surface area contributed by atoms with Gasteiger partial charge in [0.2, 0.25) is 5.91 Å². The largest absolute Gasteiger partial charge is 0.325 e. The van der Waals surface area contributed by atoms with Gasteiger partial charge in [0.1, 0.15) is 5.40 Å². The molecular weight excluding hydrogens is 316 g/mol. The second-order valence-corrected chi connectivity index (χ2v) is 6.60. The van der Waals surface area contributed by atoms with E-state index in [-0.39, 0.29) is 5.91 Å². The molecule has 0 aliphatic heterocycles. The highest BCUT2D eigenvalue weighted by atomic mass is 35.5. The average Bonchev–Trinajstić information content (AvgIpc) is 2.49. The minimum Gasteiger partial charge on any atom is -0.325 e. The molecule has 0 radical (unpaired) electrons. The van der Waals surface area contributed by atoms with E-state index in [0.29, 0.717) is 10.7 Å². The molecule has 5 heteroatoms. The number of thiocyanates is 1. The van der Waals surface area contributed by atoms with Gasteiger partial charge in [-0.15, -0.1) is 0 Å². The maximum Gasteiger partial charge on any atom is 0.234 e. The topological polar surface area (TPSA) is 52.9 Å². The van der Waals surface area contributed by atoms with E-state index in [1.807, 2.05) is 31.4 Å². The molecule has 0 aliphatic carbocycles. The van der Waals surface area contributed by atoms with Crippen LogP contribution in [-0.2, 0) is 10.2 Å². The third-order valence-corrected chi connectivity index (χ3v) is 4.22. The number of hydrogen-bond donors (Lipinski definition) is 1. The summed E-state index contributed by atoms with van der Waals surface area (Å²) in [5, 5.41) is 14.1. The number of rotatable bonds is 4. The zero-order valence-electron chi connectivity index (χ0n) is 12.3. The molecule has 0 unspecified atom stereocenters. The van der Waals surface area contributed by atoms with Crippen LogP contribution in [0.15, 0.2) is 53.4 Å². The van der Waals surface area contributed by atoms with Gasteiger partial charge < -0.3 is 5.32 Å². The molecule has 1 amide bonds. The summed E-state index contributed by atoms with van der Waals surface area (Å²) in [7, 11) is 0. The first-order valence-electron chi connectivity index (χ1n) is 6.67. The molecule has 2 aromatic rings. The fourth-order valence-electron chi connectivity index (χ4n) is 1.95. The summed E-state index contributed by atoms with van der Waals surface area (Å²) in [5.74, 6) is -0.115. The monoisotopic (exact) mass is 330 g/mol. The molecule has 0 bridgehead atoms. The van der Waals surface area contributed by atoms with Gasteiger partial charge in [-0.1, -0.05) is 23.7 Å². The van der Waals surface area contributed by atoms with Crippen LogP contribution in [-0.4, -0.2) is 5.91 Å². The van der Waals surface area contributed by atoms with Crippen molar-refractivity contribution in [2.45, 2.75) is 24.2 Å². The van der Waals surface area contributed by atoms with Crippen molar-refractivity contribution >= 4 is 35.0 Å². The van der Waals surface area contributed by atoms with Crippen LogP contribution in [0.4, 0.5) is 5.69 Å². The molecule has 0 saturated carbocycles. The van der Waals surface area contributed by atoms with Gasteiger partial charge in [-0.3, -0.25) is 4.79 Å². The molecule has 1 N–H and O–H groups in total. The van der Waals surface area contributed by atoms with Crippen LogP contribution in [0, 0.1) is 10.7 Å². The van der Waals surface area contributed by atoms with Crippen LogP contribution in [0.1, 0.15) is 19.4 Å². The molecule has 0 spiro atoms. The van der Waals surface area contributed by atoms with Crippen LogP contribution in [0.3, 0.4) is 0 Å². The summed E-state index contributed by atoms with van der Waals surface area (Å²) < 4.78 is 0. The number of nitrogens with zero attached hydrogens (tertiary/aromatic N) is 1. The Morgan fingerprint density at radius 1 is 1.23 bits per heavy atom. The van der Waals surface area contributed by atoms with Crippen molar-refractivity contribution in [2.24, 2.45) is 0 Å². The minimum absolute atomic E-state index is 0.115. The van der Waals surface area contributed by atoms with Gasteiger partial charge in [0.05, 0.1) is 5.41 Å². The van der Waals surface area contributed by atoms with E-state index in [1.54, 1.807) is 36.4 Å². The van der Waals surface area contributed by atoms with Crippen molar-refractivity contribution in [2.75, 3.05) is 5.32 Å². The summed E-state index contributed by atoms with van der Waals surface area (Å²) in [6.07, 6.45) is 0. The van der Waals surface area contributed by atoms with E-state index >= 15 is 0 Å². The first-order valence-corrected chi connectivity index (χ1v) is 7.86. The summed E-state index contributed by atoms with van der Waals surface area (Å²) >= 11 is 7.09. The first-order chi connectivity index (χ1) is 10.4. The van der Waals surface area contributed by atoms with Gasteiger partial charge in [0.15, 0.2) is 0 Å². The molecule has 112 valence electrons. The Kier molecular flexibility index (Phi) is 5.12. The molecule has 3 nitrogen and oxygen atoms in total. The van der Waals surface area contributed by atoms with Crippen LogP contribution in [0.25, 0.3) is 0 Å². The SMILES string of the molecule is CC(C)(C(=O)Nc1ccc(SC#N)cc1)c1cccc(Cl)c1. The normalized spacial score (nSPS) is 10.8. The maximum absolute atomic E-state index is 12.5. The molecule has 0 heterocycles. The van der Waals surface area contributed by atoms with E-state index in [0.717, 1.165) is 22.2 Å². The number of thioether (sulfide) groups is 1. The molecular formula is C17H15ClN2OS. The number of nitriles is 1. The maximum atomic E-state index is 12.5. The summed E-state index contributed by atoms with van der Waals surface area (Å²) in [6, 6.07) is 14.5. The lowest BCUT2D eigenvalue weighted by Gasteiger charge is -2.24. The molecule has 0 atom stereocenters. The van der Waals surface area contributed by atoms with Gasteiger partial charge in [0.25, 0.3) is 0 Å². The third-order valence-electron chi connectivity index (χ3n) is 3.39. The van der Waals surface area contributed by atoms with Crippen LogP contribution in [0.2, 0.25) is 5.02 Å². The van der Waals surface area contributed by atoms with E-state index in [4.69, 9.17) is 16.9 Å². The van der Waals surface area contributed by atoms with Crippen LogP contribution < -0.4 is 5.32 Å². The Morgan fingerprint density at radius 2 is 1.91 bits per heavy atom. The highest BCUT2D eigenvalue weighted by molar-refractivity contribution is 8.03. The Balaban J connectivity index is 2.15. The van der Waals surface area contributed by atoms with Crippen LogP contribution >= 0.6 is 23.4 Å². The van der Waals surface area contributed by atoms with Gasteiger partial charge in [-0.05, 0) is 67.6 Å². The van der Waals surface area contributed by atoms with Crippen molar-refractivity contribution in [3.8, 4) is 5.40 Å². The van der Waals surface area contributed by atoms with Gasteiger partial charge in [0, 0.05) is 15.6 Å². The minimum atomic E-state index is -0.703. The predicted octanol–water partition coefficient (Wildman–Crippen LogP) is 4.83. The zero-order valence-corrected chi connectivity index (χ0v) is 13.8. The first kappa shape index (κ1) is 16.4. The van der Waals surface area contributed by atoms with E-state index in [1.165, 1.54) is 0 Å². The van der Waals surface area contributed by atoms with Crippen molar-refractivity contribution in [3.63, 3.8) is 0 Å². The molecule has 0 aromatic heterocycles. The highest BCUT2D eigenvalue weighted by Gasteiger charge is 2.30. The summed E-state index contributed by atoms with van der Waals surface area (Å²) in [5.41, 5.74) is 0.849. The Labute approximate surface area is 139 Å². The number of carbonyl (C=O) groups excluding carboxylic acids is 1. The van der Waals surface area contributed by atoms with Gasteiger partial charge in [-0.25, -0.2) is 0 Å². The summed E-state index contributed by atoms with van der Waals surface area (Å²) in [4.78, 5) is 13.4. The average molecular weight is 331 g/mol. The van der Waals surface area contributed by atoms with Crippen molar-refractivity contribution in [1.29, 1.82) is 5.26 Å². The third kappa shape index (κ3) is 3.82. The smallest absolute Gasteiger partial charge is 0.234 e. The van der Waals surface area contributed by atoms with Crippen molar-refractivity contribution < 1.29 is 4.79 Å². The lowest BCUT2D eigenvalue weighted by molar-refractivity contribution is -0.120. The van der Waals surface area contributed by atoms with Gasteiger partial charge in [-0.2, -0.15) is 5.26 Å². The number of carbonyl (C=O) groups is 1. The molecule has 2 rings (SSSR count). The highest BCUT2D eigenvalue weighted by Crippen LogP contribution is 2.27. The molecule has 0 fully saturated rings. The standard InChI is InChI=1S/C17H15ClN2OS/c1-17(2,12-4-3-5-13(18)10-12)16(21)20-14-6-8-15(9-7-14)22-11-19/h3-10H,1-2H3,(H,20,21). The molecule has 0 aliphatic rings. The molecule has 2 aromatic carbocycles. The lowest BCUT2D eigenvalue weighted by Crippen LogP contribution is -2.34. The predicted molar refractivity (Wildman–Crippen MR) is 91.0 cm³/mol. The fourth-order valence-corrected chi connectivity index (χ4v) is 2.52. The van der Waals surface area contributed by atoms with Crippen molar-refractivity contribution in [1.82, 2.24) is 0 Å². The number of halogens is 1. The van der Waals surface area contributed by atoms with E-state index in [2.05, 4.69) is 5.32 Å². The fraction of sp³-hybridized carbons (Fsp3) is 0.176. The Bertz CT molecular complexity index is 720. The van der Waals surface area contributed by atoms with Crippen molar-refractivity contribution in [3.05, 3.63) is 59.1 Å².